The predicted octanol–water partition coefficient (Wildman–Crippen LogP) is 5.63. The third-order valence-corrected chi connectivity index (χ3v) is 6.49. The van der Waals surface area contributed by atoms with Crippen molar-refractivity contribution in [1.29, 1.82) is 0 Å². The number of halogens is 1. The third-order valence-electron chi connectivity index (χ3n) is 6.49. The summed E-state index contributed by atoms with van der Waals surface area (Å²) in [5, 5.41) is 0. The number of nitrogens with zero attached hydrogens (tertiary/aromatic N) is 1. The highest BCUT2D eigenvalue weighted by Crippen LogP contribution is 2.49. The van der Waals surface area contributed by atoms with E-state index in [0.717, 1.165) is 23.1 Å². The third kappa shape index (κ3) is 4.06. The molecular weight excluding hydrogens is 421 g/mol. The Bertz CT molecular complexity index is 1180. The van der Waals surface area contributed by atoms with Crippen molar-refractivity contribution >= 4 is 5.97 Å². The van der Waals surface area contributed by atoms with Crippen molar-refractivity contribution in [3.63, 3.8) is 0 Å². The van der Waals surface area contributed by atoms with E-state index in [1.54, 1.807) is 19.4 Å². The molecular formula is C27H26FNO4. The second kappa shape index (κ2) is 8.85. The molecule has 3 atom stereocenters. The van der Waals surface area contributed by atoms with Crippen molar-refractivity contribution in [2.24, 2.45) is 5.92 Å². The highest BCUT2D eigenvalue weighted by atomic mass is 19.1. The van der Waals surface area contributed by atoms with E-state index < -0.39 is 0 Å². The minimum Gasteiger partial charge on any atom is -0.494 e. The van der Waals surface area contributed by atoms with Gasteiger partial charge in [0.2, 0.25) is 0 Å². The number of aromatic nitrogens is 1. The van der Waals surface area contributed by atoms with Crippen LogP contribution in [0.3, 0.4) is 0 Å². The lowest BCUT2D eigenvalue weighted by Crippen LogP contribution is -2.07. The Balaban J connectivity index is 1.35. The Kier molecular flexibility index (Phi) is 5.75. The molecule has 0 saturated heterocycles. The van der Waals surface area contributed by atoms with Crippen LogP contribution in [0.25, 0.3) is 11.3 Å². The highest BCUT2D eigenvalue weighted by Gasteiger charge is 2.45. The van der Waals surface area contributed by atoms with Gasteiger partial charge in [-0.15, -0.1) is 0 Å². The van der Waals surface area contributed by atoms with Crippen LogP contribution in [0.2, 0.25) is 0 Å². The number of methoxy groups -OCH3 is 1. The molecule has 2 aliphatic rings. The van der Waals surface area contributed by atoms with Crippen LogP contribution in [-0.4, -0.2) is 24.7 Å². The van der Waals surface area contributed by atoms with Crippen LogP contribution in [0.1, 0.15) is 48.5 Å². The summed E-state index contributed by atoms with van der Waals surface area (Å²) in [4.78, 5) is 16.4. The van der Waals surface area contributed by atoms with Gasteiger partial charge in [0, 0.05) is 17.3 Å². The van der Waals surface area contributed by atoms with Crippen LogP contribution in [-0.2, 0) is 16.0 Å². The zero-order valence-corrected chi connectivity index (χ0v) is 18.7. The van der Waals surface area contributed by atoms with Crippen molar-refractivity contribution in [3.05, 3.63) is 77.2 Å². The first-order valence-electron chi connectivity index (χ1n) is 11.3. The topological polar surface area (TPSA) is 57.7 Å². The molecule has 0 aliphatic heterocycles. The van der Waals surface area contributed by atoms with Crippen LogP contribution < -0.4 is 9.47 Å². The molecule has 5 rings (SSSR count). The van der Waals surface area contributed by atoms with Gasteiger partial charge in [-0.2, -0.15) is 0 Å². The first-order valence-corrected chi connectivity index (χ1v) is 11.3. The molecule has 0 spiro atoms. The second-order valence-electron chi connectivity index (χ2n) is 8.46. The summed E-state index contributed by atoms with van der Waals surface area (Å²) in [5.74, 6) is 1.12. The molecule has 6 heteroatoms. The van der Waals surface area contributed by atoms with Crippen molar-refractivity contribution < 1.29 is 23.4 Å². The van der Waals surface area contributed by atoms with E-state index in [9.17, 15) is 9.18 Å². The fourth-order valence-electron chi connectivity index (χ4n) is 4.80. The summed E-state index contributed by atoms with van der Waals surface area (Å²) in [5.41, 5.74) is 4.20. The summed E-state index contributed by atoms with van der Waals surface area (Å²) in [6, 6.07) is 14.7. The van der Waals surface area contributed by atoms with E-state index in [2.05, 4.69) is 4.98 Å². The summed E-state index contributed by atoms with van der Waals surface area (Å²) < 4.78 is 31.7. The molecule has 1 saturated carbocycles. The van der Waals surface area contributed by atoms with Gasteiger partial charge >= 0.3 is 5.97 Å². The number of pyridine rings is 1. The molecule has 0 unspecified atom stereocenters. The lowest BCUT2D eigenvalue weighted by atomic mass is 9.99. The Hall–Kier alpha value is -3.41. The first kappa shape index (κ1) is 21.4. The molecule has 2 aromatic carbocycles. The summed E-state index contributed by atoms with van der Waals surface area (Å²) >= 11 is 0. The zero-order valence-electron chi connectivity index (χ0n) is 18.7. The molecule has 1 heterocycles. The highest BCUT2D eigenvalue weighted by molar-refractivity contribution is 5.77. The van der Waals surface area contributed by atoms with Crippen molar-refractivity contribution in [1.82, 2.24) is 4.98 Å². The number of hydrogen-bond donors (Lipinski definition) is 0. The Morgan fingerprint density at radius 3 is 2.73 bits per heavy atom. The van der Waals surface area contributed by atoms with E-state index in [4.69, 9.17) is 14.2 Å². The fourth-order valence-corrected chi connectivity index (χ4v) is 4.80. The monoisotopic (exact) mass is 447 g/mol. The smallest absolute Gasteiger partial charge is 0.309 e. The fraction of sp³-hybridized carbons (Fsp3) is 0.333. The number of rotatable bonds is 7. The minimum atomic E-state index is -0.367. The molecule has 1 aromatic heterocycles. The van der Waals surface area contributed by atoms with Gasteiger partial charge < -0.3 is 14.2 Å². The number of esters is 1. The number of fused-ring (bicyclic) bond motifs is 1. The largest absolute Gasteiger partial charge is 0.494 e. The Labute approximate surface area is 192 Å². The first-order chi connectivity index (χ1) is 16.1. The summed E-state index contributed by atoms with van der Waals surface area (Å²) in [7, 11) is 1.61. The SMILES string of the molecule is CCOC(=O)[C@H]1C[C@@H]1c1ccc(O[C@@H]2CCc3c(-c4ncccc4OC)ccc(F)c32)cc1. The second-order valence-corrected chi connectivity index (χ2v) is 8.46. The van der Waals surface area contributed by atoms with Gasteiger partial charge in [0.25, 0.3) is 0 Å². The molecule has 1 fully saturated rings. The molecule has 170 valence electrons. The van der Waals surface area contributed by atoms with Crippen molar-refractivity contribution in [3.8, 4) is 22.8 Å². The Morgan fingerprint density at radius 1 is 1.15 bits per heavy atom. The molecule has 5 nitrogen and oxygen atoms in total. The maximum absolute atomic E-state index is 14.9. The molecule has 0 bridgehead atoms. The van der Waals surface area contributed by atoms with Gasteiger partial charge in [0.15, 0.2) is 0 Å². The van der Waals surface area contributed by atoms with Crippen LogP contribution in [0.15, 0.2) is 54.7 Å². The van der Waals surface area contributed by atoms with Gasteiger partial charge in [0.05, 0.1) is 19.6 Å². The van der Waals surface area contributed by atoms with Crippen molar-refractivity contribution in [2.75, 3.05) is 13.7 Å². The maximum atomic E-state index is 14.9. The van der Waals surface area contributed by atoms with E-state index in [0.29, 0.717) is 42.2 Å². The average Bonchev–Trinajstić information content (AvgIpc) is 3.54. The summed E-state index contributed by atoms with van der Waals surface area (Å²) in [6.07, 6.45) is 3.56. The number of ether oxygens (including phenoxy) is 3. The molecule has 2 aliphatic carbocycles. The van der Waals surface area contributed by atoms with Crippen LogP contribution >= 0.6 is 0 Å². The van der Waals surface area contributed by atoms with Crippen LogP contribution in [0.4, 0.5) is 4.39 Å². The molecule has 33 heavy (non-hydrogen) atoms. The molecule has 0 radical (unpaired) electrons. The number of hydrogen-bond acceptors (Lipinski definition) is 5. The minimum absolute atomic E-state index is 0.0467. The normalized spacial score (nSPS) is 20.8. The predicted molar refractivity (Wildman–Crippen MR) is 122 cm³/mol. The van der Waals surface area contributed by atoms with Gasteiger partial charge in [-0.05, 0) is 79.6 Å². The summed E-state index contributed by atoms with van der Waals surface area (Å²) in [6.45, 7) is 2.23. The van der Waals surface area contributed by atoms with Gasteiger partial charge in [-0.25, -0.2) is 4.39 Å². The number of carbonyl (C=O) groups excluding carboxylic acids is 1. The van der Waals surface area contributed by atoms with Crippen LogP contribution in [0, 0.1) is 11.7 Å². The van der Waals surface area contributed by atoms with Crippen molar-refractivity contribution in [2.45, 2.75) is 38.2 Å². The van der Waals surface area contributed by atoms with Gasteiger partial charge in [-0.1, -0.05) is 12.1 Å². The zero-order chi connectivity index (χ0) is 22.9. The van der Waals surface area contributed by atoms with E-state index in [-0.39, 0.29) is 29.7 Å². The lowest BCUT2D eigenvalue weighted by molar-refractivity contribution is -0.144. The van der Waals surface area contributed by atoms with E-state index in [1.807, 2.05) is 43.3 Å². The number of benzene rings is 2. The lowest BCUT2D eigenvalue weighted by Gasteiger charge is -2.17. The molecule has 3 aromatic rings. The quantitative estimate of drug-likeness (QED) is 0.440. The number of carbonyl (C=O) groups is 1. The van der Waals surface area contributed by atoms with E-state index >= 15 is 0 Å². The van der Waals surface area contributed by atoms with E-state index in [1.165, 1.54) is 6.07 Å². The maximum Gasteiger partial charge on any atom is 0.309 e. The average molecular weight is 448 g/mol. The molecule has 0 N–H and O–H groups in total. The van der Waals surface area contributed by atoms with Crippen LogP contribution in [0.5, 0.6) is 11.5 Å². The van der Waals surface area contributed by atoms with Gasteiger partial charge in [-0.3, -0.25) is 9.78 Å². The van der Waals surface area contributed by atoms with Gasteiger partial charge in [0.1, 0.15) is 29.1 Å². The Morgan fingerprint density at radius 2 is 1.97 bits per heavy atom. The molecule has 0 amide bonds. The standard InChI is InChI=1S/C27H26FNO4/c1-3-32-27(30)21-15-20(21)16-6-8-17(9-7-16)33-23-13-11-18-19(10-12-22(28)25(18)23)26-24(31-2)5-4-14-29-26/h4-10,12,14,20-21,23H,3,11,13,15H2,1-2H3/t20-,21+,23-/m1/s1.